The molecule has 0 fully saturated rings. The fraction of sp³-hybridized carbons (Fsp3) is 0.500. The molecule has 0 spiro atoms. The van der Waals surface area contributed by atoms with Crippen LogP contribution in [-0.4, -0.2) is 24.5 Å². The van der Waals surface area contributed by atoms with Crippen LogP contribution in [-0.2, 0) is 0 Å². The maximum absolute atomic E-state index is 8.66. The molecule has 0 amide bonds. The highest BCUT2D eigenvalue weighted by Crippen LogP contribution is 2.40. The highest BCUT2D eigenvalue weighted by atomic mass is 16.3. The van der Waals surface area contributed by atoms with Crippen molar-refractivity contribution in [3.63, 3.8) is 0 Å². The summed E-state index contributed by atoms with van der Waals surface area (Å²) in [7, 11) is 0. The summed E-state index contributed by atoms with van der Waals surface area (Å²) >= 11 is 0. The Morgan fingerprint density at radius 1 is 1.17 bits per heavy atom. The smallest absolute Gasteiger partial charge is 0.0626 e. The van der Waals surface area contributed by atoms with Crippen LogP contribution in [0.1, 0.15) is 53.9 Å². The van der Waals surface area contributed by atoms with Crippen LogP contribution >= 0.6 is 0 Å². The molecule has 0 aromatic heterocycles. The average Bonchev–Trinajstić information content (AvgIpc) is 2.50. The molecule has 2 nitrogen and oxygen atoms in total. The number of hydrogen-bond donors (Lipinski definition) is 1. The first-order valence-electron chi connectivity index (χ1n) is 8.87. The monoisotopic (exact) mass is 327 g/mol. The summed E-state index contributed by atoms with van der Waals surface area (Å²) in [5.41, 5.74) is 5.71. The van der Waals surface area contributed by atoms with Gasteiger partial charge in [-0.2, -0.15) is 0 Å². The zero-order valence-electron chi connectivity index (χ0n) is 16.0. The molecule has 0 saturated heterocycles. The molecule has 1 rings (SSSR count). The predicted molar refractivity (Wildman–Crippen MR) is 107 cm³/mol. The van der Waals surface area contributed by atoms with Gasteiger partial charge in [0.05, 0.1) is 13.2 Å². The summed E-state index contributed by atoms with van der Waals surface area (Å²) in [6.45, 7) is 11.7. The fourth-order valence-corrected chi connectivity index (χ4v) is 2.99. The van der Waals surface area contributed by atoms with E-state index in [0.717, 1.165) is 5.57 Å². The highest BCUT2D eigenvalue weighted by Gasteiger charge is 2.26. The fourth-order valence-electron chi connectivity index (χ4n) is 2.99. The molecule has 0 unspecified atom stereocenters. The number of aliphatic hydroxyl groups excluding tert-OH is 1. The summed E-state index contributed by atoms with van der Waals surface area (Å²) in [5, 5.41) is 8.66. The molecule has 1 aliphatic rings. The van der Waals surface area contributed by atoms with E-state index in [0.29, 0.717) is 12.0 Å². The molecule has 0 aliphatic heterocycles. The number of allylic oxidation sites excluding steroid dienone is 10. The Morgan fingerprint density at radius 3 is 2.54 bits per heavy atom. The van der Waals surface area contributed by atoms with Gasteiger partial charge in [0.25, 0.3) is 0 Å². The van der Waals surface area contributed by atoms with E-state index in [1.165, 1.54) is 36.0 Å². The van der Waals surface area contributed by atoms with Crippen LogP contribution in [0.4, 0.5) is 0 Å². The van der Waals surface area contributed by atoms with E-state index < -0.39 is 0 Å². The van der Waals surface area contributed by atoms with Gasteiger partial charge in [-0.25, -0.2) is 0 Å². The first-order valence-corrected chi connectivity index (χ1v) is 8.87. The van der Waals surface area contributed by atoms with Crippen molar-refractivity contribution in [2.75, 3.05) is 13.2 Å². The van der Waals surface area contributed by atoms with E-state index in [9.17, 15) is 0 Å². The third-order valence-corrected chi connectivity index (χ3v) is 4.45. The SMILES string of the molecule is CC(C=CC1=C(C)CCCC1(C)C)=CC=CC(C)=CC=NCCO. The maximum atomic E-state index is 8.66. The first-order chi connectivity index (χ1) is 11.4. The van der Waals surface area contributed by atoms with E-state index in [1.54, 1.807) is 6.21 Å². The van der Waals surface area contributed by atoms with E-state index in [-0.39, 0.29) is 6.61 Å². The molecule has 0 aromatic rings. The lowest BCUT2D eigenvalue weighted by atomic mass is 9.72. The van der Waals surface area contributed by atoms with Crippen molar-refractivity contribution in [2.45, 2.75) is 53.9 Å². The topological polar surface area (TPSA) is 32.6 Å². The van der Waals surface area contributed by atoms with Crippen LogP contribution in [0.25, 0.3) is 0 Å². The second-order valence-electron chi connectivity index (χ2n) is 7.22. The minimum Gasteiger partial charge on any atom is -0.394 e. The van der Waals surface area contributed by atoms with Crippen molar-refractivity contribution >= 4 is 6.21 Å². The normalized spacial score (nSPS) is 20.1. The van der Waals surface area contributed by atoms with Crippen LogP contribution in [0.5, 0.6) is 0 Å². The van der Waals surface area contributed by atoms with Gasteiger partial charge in [-0.15, -0.1) is 0 Å². The Bertz CT molecular complexity index is 583. The van der Waals surface area contributed by atoms with E-state index >= 15 is 0 Å². The summed E-state index contributed by atoms with van der Waals surface area (Å²) < 4.78 is 0. The summed E-state index contributed by atoms with van der Waals surface area (Å²) in [6, 6.07) is 0. The number of nitrogens with zero attached hydrogens (tertiary/aromatic N) is 1. The van der Waals surface area contributed by atoms with Gasteiger partial charge in [-0.05, 0) is 62.7 Å². The number of rotatable bonds is 7. The Balaban J connectivity index is 2.68. The van der Waals surface area contributed by atoms with Gasteiger partial charge in [0, 0.05) is 6.21 Å². The second-order valence-corrected chi connectivity index (χ2v) is 7.22. The zero-order valence-corrected chi connectivity index (χ0v) is 16.0. The van der Waals surface area contributed by atoms with Crippen molar-refractivity contribution < 1.29 is 5.11 Å². The van der Waals surface area contributed by atoms with Crippen LogP contribution in [0, 0.1) is 5.41 Å². The molecule has 24 heavy (non-hydrogen) atoms. The molecule has 0 saturated carbocycles. The molecule has 2 heteroatoms. The standard InChI is InChI=1S/C22H33NO/c1-18(8-6-9-19(2)13-15-23-16-17-24)11-12-21-20(3)10-7-14-22(21,4)5/h6,8-9,11-13,15,24H,7,10,14,16-17H2,1-5H3. The van der Waals surface area contributed by atoms with Crippen molar-refractivity contribution in [1.29, 1.82) is 0 Å². The minimum absolute atomic E-state index is 0.0974. The number of hydrogen-bond acceptors (Lipinski definition) is 2. The molecule has 0 bridgehead atoms. The van der Waals surface area contributed by atoms with Crippen molar-refractivity contribution in [3.8, 4) is 0 Å². The molecular formula is C22H33NO. The third kappa shape index (κ3) is 7.27. The van der Waals surface area contributed by atoms with E-state index in [4.69, 9.17) is 5.11 Å². The van der Waals surface area contributed by atoms with E-state index in [2.05, 4.69) is 63.1 Å². The van der Waals surface area contributed by atoms with Gasteiger partial charge in [0.1, 0.15) is 0 Å². The minimum atomic E-state index is 0.0974. The predicted octanol–water partition coefficient (Wildman–Crippen LogP) is 5.58. The second kappa shape index (κ2) is 10.2. The van der Waals surface area contributed by atoms with Crippen LogP contribution in [0.15, 0.2) is 63.7 Å². The van der Waals surface area contributed by atoms with Gasteiger partial charge in [-0.3, -0.25) is 4.99 Å². The van der Waals surface area contributed by atoms with Crippen LogP contribution < -0.4 is 0 Å². The quantitative estimate of drug-likeness (QED) is 0.480. The Labute approximate surface area is 148 Å². The van der Waals surface area contributed by atoms with Gasteiger partial charge in [-0.1, -0.05) is 55.4 Å². The van der Waals surface area contributed by atoms with Gasteiger partial charge in [0.15, 0.2) is 0 Å². The van der Waals surface area contributed by atoms with Crippen molar-refractivity contribution in [2.24, 2.45) is 10.4 Å². The lowest BCUT2D eigenvalue weighted by Crippen LogP contribution is -2.19. The Hall–Kier alpha value is -1.67. The average molecular weight is 328 g/mol. The van der Waals surface area contributed by atoms with Gasteiger partial charge in [0.2, 0.25) is 0 Å². The Morgan fingerprint density at radius 2 is 1.88 bits per heavy atom. The number of aliphatic hydroxyl groups is 1. The first kappa shape index (κ1) is 20.4. The summed E-state index contributed by atoms with van der Waals surface area (Å²) in [6.07, 6.45) is 18.3. The van der Waals surface area contributed by atoms with Gasteiger partial charge >= 0.3 is 0 Å². The zero-order chi connectivity index (χ0) is 18.0. The molecular weight excluding hydrogens is 294 g/mol. The van der Waals surface area contributed by atoms with Gasteiger partial charge < -0.3 is 5.11 Å². The molecule has 0 aromatic carbocycles. The molecule has 0 heterocycles. The highest BCUT2D eigenvalue weighted by molar-refractivity contribution is 5.72. The molecule has 1 aliphatic carbocycles. The van der Waals surface area contributed by atoms with Crippen LogP contribution in [0.2, 0.25) is 0 Å². The lowest BCUT2D eigenvalue weighted by molar-refractivity contribution is 0.307. The molecule has 0 radical (unpaired) electrons. The Kier molecular flexibility index (Phi) is 8.70. The summed E-state index contributed by atoms with van der Waals surface area (Å²) in [5.74, 6) is 0. The molecule has 1 N–H and O–H groups in total. The largest absolute Gasteiger partial charge is 0.394 e. The molecule has 0 atom stereocenters. The maximum Gasteiger partial charge on any atom is 0.0626 e. The molecule has 132 valence electrons. The van der Waals surface area contributed by atoms with Crippen LogP contribution in [0.3, 0.4) is 0 Å². The third-order valence-electron chi connectivity index (χ3n) is 4.45. The lowest BCUT2D eigenvalue weighted by Gasteiger charge is -2.32. The summed E-state index contributed by atoms with van der Waals surface area (Å²) in [4.78, 5) is 4.06. The van der Waals surface area contributed by atoms with Crippen molar-refractivity contribution in [1.82, 2.24) is 0 Å². The van der Waals surface area contributed by atoms with Crippen molar-refractivity contribution in [3.05, 3.63) is 58.7 Å². The number of aliphatic imine (C=N–C) groups is 1. The van der Waals surface area contributed by atoms with E-state index in [1.807, 2.05) is 13.0 Å².